The lowest BCUT2D eigenvalue weighted by molar-refractivity contribution is 0.418. The van der Waals surface area contributed by atoms with Gasteiger partial charge in [-0.2, -0.15) is 4.98 Å². The molecule has 6 heteroatoms. The molecule has 0 fully saturated rings. The average molecular weight is 347 g/mol. The molecule has 0 amide bonds. The second-order valence-electron chi connectivity index (χ2n) is 4.37. The van der Waals surface area contributed by atoms with Gasteiger partial charge in [-0.25, -0.2) is 0 Å². The minimum Gasteiger partial charge on any atom is -0.334 e. The van der Waals surface area contributed by atoms with Crippen LogP contribution in [0.15, 0.2) is 27.2 Å². The van der Waals surface area contributed by atoms with E-state index in [0.29, 0.717) is 11.9 Å². The molecular formula is C13H17BrClN3O. The molecule has 0 bridgehead atoms. The maximum Gasteiger partial charge on any atom is 0.257 e. The van der Waals surface area contributed by atoms with Gasteiger partial charge in [0.25, 0.3) is 5.89 Å². The van der Waals surface area contributed by atoms with Crippen LogP contribution in [0.3, 0.4) is 0 Å². The number of benzene rings is 1. The molecular weight excluding hydrogens is 330 g/mol. The van der Waals surface area contributed by atoms with Crippen LogP contribution in [0.1, 0.15) is 18.3 Å². The smallest absolute Gasteiger partial charge is 0.257 e. The summed E-state index contributed by atoms with van der Waals surface area (Å²) >= 11 is 3.50. The van der Waals surface area contributed by atoms with Gasteiger partial charge in [0, 0.05) is 22.5 Å². The standard InChI is InChI=1S/C13H16BrN3O.ClH/c1-8-4-5-10(7-11(8)14)13-16-12(17-18-13)6-9(2)15-3;/h4-5,7,9,15H,6H2,1-3H3;1H. The SMILES string of the molecule is CNC(C)Cc1noc(-c2ccc(C)c(Br)c2)n1.Cl. The Bertz CT molecular complexity index is 544. The second-order valence-corrected chi connectivity index (χ2v) is 5.23. The predicted molar refractivity (Wildman–Crippen MR) is 81.6 cm³/mol. The Labute approximate surface area is 127 Å². The summed E-state index contributed by atoms with van der Waals surface area (Å²) in [7, 11) is 1.92. The molecule has 0 aliphatic heterocycles. The van der Waals surface area contributed by atoms with Crippen LogP contribution in [0, 0.1) is 6.92 Å². The van der Waals surface area contributed by atoms with Crippen LogP contribution in [-0.2, 0) is 6.42 Å². The number of aromatic nitrogens is 2. The zero-order valence-electron chi connectivity index (χ0n) is 11.1. The summed E-state index contributed by atoms with van der Waals surface area (Å²) in [5.41, 5.74) is 2.12. The first kappa shape index (κ1) is 16.1. The molecule has 0 saturated heterocycles. The van der Waals surface area contributed by atoms with E-state index in [1.807, 2.05) is 32.2 Å². The number of nitrogens with zero attached hydrogens (tertiary/aromatic N) is 2. The van der Waals surface area contributed by atoms with Gasteiger partial charge in [-0.05, 0) is 38.6 Å². The fourth-order valence-corrected chi connectivity index (χ4v) is 1.93. The van der Waals surface area contributed by atoms with Crippen molar-refractivity contribution in [1.29, 1.82) is 0 Å². The Kier molecular flexibility index (Phi) is 5.97. The van der Waals surface area contributed by atoms with Crippen molar-refractivity contribution in [2.45, 2.75) is 26.3 Å². The first-order valence-electron chi connectivity index (χ1n) is 5.86. The van der Waals surface area contributed by atoms with E-state index in [4.69, 9.17) is 4.52 Å². The van der Waals surface area contributed by atoms with Crippen molar-refractivity contribution in [1.82, 2.24) is 15.5 Å². The Hall–Kier alpha value is -0.910. The van der Waals surface area contributed by atoms with Crippen molar-refractivity contribution in [3.8, 4) is 11.5 Å². The first-order valence-corrected chi connectivity index (χ1v) is 6.66. The van der Waals surface area contributed by atoms with E-state index in [2.05, 4.69) is 38.3 Å². The molecule has 2 aromatic rings. The van der Waals surface area contributed by atoms with Gasteiger partial charge in [0.05, 0.1) is 0 Å². The van der Waals surface area contributed by atoms with Crippen molar-refractivity contribution in [2.75, 3.05) is 7.05 Å². The van der Waals surface area contributed by atoms with E-state index in [0.717, 1.165) is 22.3 Å². The summed E-state index contributed by atoms with van der Waals surface area (Å²) in [6.45, 7) is 4.13. The van der Waals surface area contributed by atoms with Crippen molar-refractivity contribution in [3.63, 3.8) is 0 Å². The van der Waals surface area contributed by atoms with Crippen LogP contribution >= 0.6 is 28.3 Å². The van der Waals surface area contributed by atoms with Crippen LogP contribution in [-0.4, -0.2) is 23.2 Å². The van der Waals surface area contributed by atoms with Crippen molar-refractivity contribution in [3.05, 3.63) is 34.1 Å². The van der Waals surface area contributed by atoms with Crippen LogP contribution in [0.5, 0.6) is 0 Å². The fourth-order valence-electron chi connectivity index (χ4n) is 1.56. The lowest BCUT2D eigenvalue weighted by Gasteiger charge is -2.04. The van der Waals surface area contributed by atoms with Gasteiger partial charge < -0.3 is 9.84 Å². The monoisotopic (exact) mass is 345 g/mol. The van der Waals surface area contributed by atoms with E-state index in [9.17, 15) is 0 Å². The highest BCUT2D eigenvalue weighted by Gasteiger charge is 2.11. The zero-order valence-corrected chi connectivity index (χ0v) is 13.5. The fraction of sp³-hybridized carbons (Fsp3) is 0.385. The van der Waals surface area contributed by atoms with Gasteiger partial charge in [0.1, 0.15) is 0 Å². The number of likely N-dealkylation sites (N-methyl/N-ethyl adjacent to an activating group) is 1. The number of halogens is 2. The van der Waals surface area contributed by atoms with E-state index < -0.39 is 0 Å². The quantitative estimate of drug-likeness (QED) is 0.922. The lowest BCUT2D eigenvalue weighted by Crippen LogP contribution is -2.24. The highest BCUT2D eigenvalue weighted by atomic mass is 79.9. The number of hydrogen-bond acceptors (Lipinski definition) is 4. The van der Waals surface area contributed by atoms with Crippen LogP contribution < -0.4 is 5.32 Å². The molecule has 1 unspecified atom stereocenters. The average Bonchev–Trinajstić information content (AvgIpc) is 2.81. The maximum absolute atomic E-state index is 5.28. The number of aryl methyl sites for hydroxylation is 1. The number of hydrogen-bond donors (Lipinski definition) is 1. The molecule has 104 valence electrons. The van der Waals surface area contributed by atoms with Crippen molar-refractivity contribution < 1.29 is 4.52 Å². The van der Waals surface area contributed by atoms with Crippen molar-refractivity contribution in [2.24, 2.45) is 0 Å². The predicted octanol–water partition coefficient (Wildman–Crippen LogP) is 3.38. The molecule has 19 heavy (non-hydrogen) atoms. The van der Waals surface area contributed by atoms with Crippen LogP contribution in [0.25, 0.3) is 11.5 Å². The lowest BCUT2D eigenvalue weighted by atomic mass is 10.1. The second kappa shape index (κ2) is 7.03. The third-order valence-corrected chi connectivity index (χ3v) is 3.72. The number of rotatable bonds is 4. The highest BCUT2D eigenvalue weighted by Crippen LogP contribution is 2.24. The van der Waals surface area contributed by atoms with Crippen LogP contribution in [0.4, 0.5) is 0 Å². The normalized spacial score (nSPS) is 12.0. The minimum atomic E-state index is 0. The molecule has 0 aliphatic carbocycles. The summed E-state index contributed by atoms with van der Waals surface area (Å²) < 4.78 is 6.33. The summed E-state index contributed by atoms with van der Waals surface area (Å²) in [6.07, 6.45) is 0.757. The maximum atomic E-state index is 5.28. The highest BCUT2D eigenvalue weighted by molar-refractivity contribution is 9.10. The minimum absolute atomic E-state index is 0. The third-order valence-electron chi connectivity index (χ3n) is 2.87. The van der Waals surface area contributed by atoms with E-state index >= 15 is 0 Å². The summed E-state index contributed by atoms with van der Waals surface area (Å²) in [5, 5.41) is 7.14. The molecule has 1 aromatic carbocycles. The van der Waals surface area contributed by atoms with Gasteiger partial charge >= 0.3 is 0 Å². The van der Waals surface area contributed by atoms with Crippen molar-refractivity contribution >= 4 is 28.3 Å². The first-order chi connectivity index (χ1) is 8.60. The summed E-state index contributed by atoms with van der Waals surface area (Å²) in [4.78, 5) is 4.40. The van der Waals surface area contributed by atoms with Gasteiger partial charge in [0.2, 0.25) is 0 Å². The Morgan fingerprint density at radius 3 is 2.79 bits per heavy atom. The largest absolute Gasteiger partial charge is 0.334 e. The molecule has 4 nitrogen and oxygen atoms in total. The molecule has 0 aliphatic rings. The molecule has 1 N–H and O–H groups in total. The third kappa shape index (κ3) is 4.03. The van der Waals surface area contributed by atoms with Gasteiger partial charge in [0.15, 0.2) is 5.82 Å². The Morgan fingerprint density at radius 1 is 1.42 bits per heavy atom. The van der Waals surface area contributed by atoms with E-state index in [1.165, 1.54) is 5.56 Å². The van der Waals surface area contributed by atoms with E-state index in [-0.39, 0.29) is 12.4 Å². The molecule has 0 radical (unpaired) electrons. The Balaban J connectivity index is 0.00000180. The molecule has 1 atom stereocenters. The Morgan fingerprint density at radius 2 is 2.16 bits per heavy atom. The van der Waals surface area contributed by atoms with Gasteiger partial charge in [-0.3, -0.25) is 0 Å². The van der Waals surface area contributed by atoms with Gasteiger partial charge in [-0.15, -0.1) is 12.4 Å². The summed E-state index contributed by atoms with van der Waals surface area (Å²) in [6, 6.07) is 6.34. The molecule has 1 aromatic heterocycles. The molecule has 0 spiro atoms. The number of nitrogens with one attached hydrogen (secondary N) is 1. The van der Waals surface area contributed by atoms with Crippen LogP contribution in [0.2, 0.25) is 0 Å². The topological polar surface area (TPSA) is 51.0 Å². The zero-order chi connectivity index (χ0) is 13.1. The molecule has 0 saturated carbocycles. The summed E-state index contributed by atoms with van der Waals surface area (Å²) in [5.74, 6) is 1.29. The molecule has 1 heterocycles. The molecule has 2 rings (SSSR count). The van der Waals surface area contributed by atoms with E-state index in [1.54, 1.807) is 0 Å². The van der Waals surface area contributed by atoms with Gasteiger partial charge in [-0.1, -0.05) is 27.2 Å².